The van der Waals surface area contributed by atoms with E-state index in [1.807, 2.05) is 12.2 Å². The average Bonchev–Trinajstić information content (AvgIpc) is 2.76. The van der Waals surface area contributed by atoms with E-state index in [9.17, 15) is 0 Å². The lowest BCUT2D eigenvalue weighted by molar-refractivity contribution is 0.00846. The van der Waals surface area contributed by atoms with Crippen molar-refractivity contribution in [1.29, 1.82) is 0 Å². The molecule has 0 saturated heterocycles. The van der Waals surface area contributed by atoms with Crippen molar-refractivity contribution in [2.24, 2.45) is 0 Å². The van der Waals surface area contributed by atoms with Gasteiger partial charge >= 0.3 is 0 Å². The topological polar surface area (TPSA) is 30.5 Å². The zero-order chi connectivity index (χ0) is 23.4. The molecule has 0 aromatic heterocycles. The summed E-state index contributed by atoms with van der Waals surface area (Å²) in [6.07, 6.45) is 10.6. The lowest BCUT2D eigenvalue weighted by Crippen LogP contribution is -2.23. The van der Waals surface area contributed by atoms with Crippen LogP contribution in [0.3, 0.4) is 0 Å². The van der Waals surface area contributed by atoms with E-state index in [4.69, 9.17) is 9.47 Å². The van der Waals surface area contributed by atoms with Gasteiger partial charge in [-0.25, -0.2) is 0 Å². The molecule has 0 fully saturated rings. The molecule has 0 aliphatic heterocycles. The Kier molecular flexibility index (Phi) is 10.3. The van der Waals surface area contributed by atoms with Gasteiger partial charge in [0.1, 0.15) is 12.5 Å². The molecule has 3 heteroatoms. The Labute approximate surface area is 194 Å². The van der Waals surface area contributed by atoms with Gasteiger partial charge in [0.05, 0.1) is 12.2 Å². The SMILES string of the molecule is C=C/C=C(\C=C/Cc1ccc(-c2cc(CC)cc(NCOC(C)(C)C)c2)cc1)OCCC. The second kappa shape index (κ2) is 12.9. The molecule has 3 nitrogen and oxygen atoms in total. The zero-order valence-electron chi connectivity index (χ0n) is 20.4. The monoisotopic (exact) mass is 433 g/mol. The second-order valence-corrected chi connectivity index (χ2v) is 8.81. The Morgan fingerprint density at radius 1 is 1.00 bits per heavy atom. The van der Waals surface area contributed by atoms with Gasteiger partial charge in [0, 0.05) is 5.69 Å². The number of allylic oxidation sites excluding steroid dienone is 4. The maximum Gasteiger partial charge on any atom is 0.118 e. The van der Waals surface area contributed by atoms with Gasteiger partial charge in [0.15, 0.2) is 0 Å². The first-order valence-electron chi connectivity index (χ1n) is 11.6. The van der Waals surface area contributed by atoms with Crippen LogP contribution in [0.15, 0.2) is 79.1 Å². The van der Waals surface area contributed by atoms with E-state index >= 15 is 0 Å². The minimum atomic E-state index is -0.160. The molecule has 0 bridgehead atoms. The molecule has 32 heavy (non-hydrogen) atoms. The summed E-state index contributed by atoms with van der Waals surface area (Å²) in [5.41, 5.74) is 5.93. The molecule has 0 unspecified atom stereocenters. The fourth-order valence-corrected chi connectivity index (χ4v) is 3.13. The van der Waals surface area contributed by atoms with Crippen LogP contribution in [0.4, 0.5) is 5.69 Å². The molecule has 0 atom stereocenters. The van der Waals surface area contributed by atoms with E-state index in [1.54, 1.807) is 6.08 Å². The largest absolute Gasteiger partial charge is 0.494 e. The van der Waals surface area contributed by atoms with E-state index in [0.29, 0.717) is 13.3 Å². The lowest BCUT2D eigenvalue weighted by Gasteiger charge is -2.20. The van der Waals surface area contributed by atoms with Crippen molar-refractivity contribution >= 4 is 5.69 Å². The summed E-state index contributed by atoms with van der Waals surface area (Å²) in [4.78, 5) is 0. The molecule has 2 aromatic carbocycles. The maximum absolute atomic E-state index is 5.82. The summed E-state index contributed by atoms with van der Waals surface area (Å²) in [5, 5.41) is 3.41. The van der Waals surface area contributed by atoms with Crippen molar-refractivity contribution in [2.75, 3.05) is 18.7 Å². The Balaban J connectivity index is 2.07. The van der Waals surface area contributed by atoms with Gasteiger partial charge in [-0.15, -0.1) is 0 Å². The van der Waals surface area contributed by atoms with Gasteiger partial charge in [-0.05, 0) is 86.6 Å². The Morgan fingerprint density at radius 3 is 2.38 bits per heavy atom. The molecule has 2 aromatic rings. The highest BCUT2D eigenvalue weighted by atomic mass is 16.5. The standard InChI is InChI=1S/C29H39NO2/c1-7-11-28(31-18-8-2)13-10-12-24-14-16-25(17-15-24)26-19-23(9-3)20-27(21-26)30-22-32-29(4,5)6/h7,10-11,13-17,19-21,30H,1,8-9,12,18,22H2,2-6H3/b13-10-,28-11+. The van der Waals surface area contributed by atoms with E-state index in [-0.39, 0.29) is 5.60 Å². The van der Waals surface area contributed by atoms with Crippen molar-refractivity contribution in [3.63, 3.8) is 0 Å². The number of hydrogen-bond donors (Lipinski definition) is 1. The number of rotatable bonds is 12. The zero-order valence-corrected chi connectivity index (χ0v) is 20.4. The van der Waals surface area contributed by atoms with Crippen LogP contribution in [-0.4, -0.2) is 18.9 Å². The average molecular weight is 434 g/mol. The Morgan fingerprint density at radius 2 is 1.75 bits per heavy atom. The first-order chi connectivity index (χ1) is 15.3. The number of anilines is 1. The van der Waals surface area contributed by atoms with Crippen LogP contribution >= 0.6 is 0 Å². The number of hydrogen-bond acceptors (Lipinski definition) is 3. The van der Waals surface area contributed by atoms with Crippen LogP contribution in [0, 0.1) is 0 Å². The van der Waals surface area contributed by atoms with Crippen LogP contribution in [0.25, 0.3) is 11.1 Å². The predicted molar refractivity (Wildman–Crippen MR) is 138 cm³/mol. The molecule has 2 rings (SSSR count). The van der Waals surface area contributed by atoms with Gasteiger partial charge in [-0.2, -0.15) is 0 Å². The Hall–Kier alpha value is -2.78. The minimum absolute atomic E-state index is 0.160. The first-order valence-corrected chi connectivity index (χ1v) is 11.6. The van der Waals surface area contributed by atoms with Crippen molar-refractivity contribution < 1.29 is 9.47 Å². The second-order valence-electron chi connectivity index (χ2n) is 8.81. The molecule has 0 amide bonds. The van der Waals surface area contributed by atoms with Crippen LogP contribution in [-0.2, 0) is 22.3 Å². The van der Waals surface area contributed by atoms with Crippen LogP contribution in [0.5, 0.6) is 0 Å². The quantitative estimate of drug-likeness (QED) is 0.211. The van der Waals surface area contributed by atoms with E-state index < -0.39 is 0 Å². The van der Waals surface area contributed by atoms with E-state index in [1.165, 1.54) is 22.3 Å². The molecule has 1 N–H and O–H groups in total. The lowest BCUT2D eigenvalue weighted by atomic mass is 9.99. The minimum Gasteiger partial charge on any atom is -0.494 e. The van der Waals surface area contributed by atoms with Crippen LogP contribution < -0.4 is 5.32 Å². The molecule has 0 aliphatic carbocycles. The molecule has 172 valence electrons. The summed E-state index contributed by atoms with van der Waals surface area (Å²) in [6.45, 7) is 15.4. The molecule has 0 aliphatic rings. The van der Waals surface area contributed by atoms with Crippen molar-refractivity contribution in [1.82, 2.24) is 0 Å². The molecular weight excluding hydrogens is 394 g/mol. The van der Waals surface area contributed by atoms with E-state index in [2.05, 4.69) is 95.1 Å². The fourth-order valence-electron chi connectivity index (χ4n) is 3.13. The number of aryl methyl sites for hydroxylation is 1. The third-order valence-electron chi connectivity index (χ3n) is 4.86. The summed E-state index contributed by atoms with van der Waals surface area (Å²) in [5.74, 6) is 0.852. The van der Waals surface area contributed by atoms with Gasteiger partial charge < -0.3 is 14.8 Å². The van der Waals surface area contributed by atoms with Crippen LogP contribution in [0.1, 0.15) is 52.2 Å². The maximum atomic E-state index is 5.82. The van der Waals surface area contributed by atoms with Crippen molar-refractivity contribution in [3.05, 3.63) is 90.2 Å². The van der Waals surface area contributed by atoms with E-state index in [0.717, 1.165) is 30.7 Å². The summed E-state index contributed by atoms with van der Waals surface area (Å²) in [6, 6.07) is 15.4. The summed E-state index contributed by atoms with van der Waals surface area (Å²) in [7, 11) is 0. The predicted octanol–water partition coefficient (Wildman–Crippen LogP) is 7.70. The number of benzene rings is 2. The summed E-state index contributed by atoms with van der Waals surface area (Å²) < 4.78 is 11.5. The number of nitrogens with one attached hydrogen (secondary N) is 1. The van der Waals surface area contributed by atoms with Gasteiger partial charge in [0.2, 0.25) is 0 Å². The number of ether oxygens (including phenoxy) is 2. The molecule has 0 spiro atoms. The van der Waals surface area contributed by atoms with Crippen LogP contribution in [0.2, 0.25) is 0 Å². The third kappa shape index (κ3) is 9.15. The van der Waals surface area contributed by atoms with Crippen molar-refractivity contribution in [2.45, 2.75) is 59.5 Å². The fraction of sp³-hybridized carbons (Fsp3) is 0.379. The van der Waals surface area contributed by atoms with Crippen molar-refractivity contribution in [3.8, 4) is 11.1 Å². The Bertz CT molecular complexity index is 902. The molecule has 0 saturated carbocycles. The highest BCUT2D eigenvalue weighted by molar-refractivity contribution is 5.69. The van der Waals surface area contributed by atoms with Gasteiger partial charge in [-0.1, -0.05) is 62.9 Å². The van der Waals surface area contributed by atoms with Gasteiger partial charge in [0.25, 0.3) is 0 Å². The highest BCUT2D eigenvalue weighted by Crippen LogP contribution is 2.26. The van der Waals surface area contributed by atoms with Gasteiger partial charge in [-0.3, -0.25) is 0 Å². The summed E-state index contributed by atoms with van der Waals surface area (Å²) >= 11 is 0. The molecule has 0 radical (unpaired) electrons. The first kappa shape index (κ1) is 25.5. The molecule has 0 heterocycles. The molecular formula is C29H39NO2. The smallest absolute Gasteiger partial charge is 0.118 e. The normalized spacial score (nSPS) is 12.2. The third-order valence-corrected chi connectivity index (χ3v) is 4.86. The highest BCUT2D eigenvalue weighted by Gasteiger charge is 2.10.